The highest BCUT2D eigenvalue weighted by atomic mass is 19.1. The molecular weight excluding hydrogens is 334 g/mol. The first-order valence-corrected chi connectivity index (χ1v) is 7.32. The Balaban J connectivity index is 2.18. The molecule has 0 aliphatic carbocycles. The van der Waals surface area contributed by atoms with E-state index in [2.05, 4.69) is 5.32 Å². The van der Waals surface area contributed by atoms with Crippen LogP contribution in [0.2, 0.25) is 0 Å². The molecule has 0 heterocycles. The van der Waals surface area contributed by atoms with Gasteiger partial charge in [0.05, 0.1) is 6.10 Å². The predicted octanol–water partition coefficient (Wildman–Crippen LogP) is 1.62. The normalized spacial score (nSPS) is 13.0. The first-order valence-electron chi connectivity index (χ1n) is 7.32. The van der Waals surface area contributed by atoms with Gasteiger partial charge in [-0.05, 0) is 36.8 Å². The van der Waals surface area contributed by atoms with Crippen molar-refractivity contribution in [2.75, 3.05) is 0 Å². The number of aliphatic hydroxyl groups is 1. The number of hydrogen-bond acceptors (Lipinski definition) is 4. The summed E-state index contributed by atoms with van der Waals surface area (Å²) in [6, 6.07) is 7.55. The van der Waals surface area contributed by atoms with Crippen molar-refractivity contribution in [3.63, 3.8) is 0 Å². The summed E-state index contributed by atoms with van der Waals surface area (Å²) in [5.74, 6) is -3.05. The second-order valence-electron chi connectivity index (χ2n) is 5.37. The van der Waals surface area contributed by atoms with E-state index in [9.17, 15) is 23.5 Å². The monoisotopic (exact) mass is 350 g/mol. The molecule has 2 aromatic rings. The molecule has 2 rings (SSSR count). The van der Waals surface area contributed by atoms with E-state index in [-0.39, 0.29) is 11.1 Å². The molecule has 0 aromatic heterocycles. The fourth-order valence-electron chi connectivity index (χ4n) is 2.22. The van der Waals surface area contributed by atoms with E-state index in [0.717, 1.165) is 12.1 Å². The summed E-state index contributed by atoms with van der Waals surface area (Å²) < 4.78 is 26.7. The van der Waals surface area contributed by atoms with Crippen LogP contribution >= 0.6 is 0 Å². The summed E-state index contributed by atoms with van der Waals surface area (Å²) in [5, 5.41) is 20.4. The molecule has 0 radical (unpaired) electrons. The van der Waals surface area contributed by atoms with Crippen LogP contribution in [0.15, 0.2) is 42.5 Å². The van der Waals surface area contributed by atoms with Gasteiger partial charge in [0.15, 0.2) is 0 Å². The molecule has 0 aliphatic rings. The Labute approximate surface area is 142 Å². The molecule has 0 spiro atoms. The standard InChI is InChI=1S/C17H16F2N2O4/c1-9(22)15(17(24)21-25)20-16(23)11-4-2-10(3-5-11)13-7-6-12(18)8-14(13)19/h2-9,15,22,25H,1H3,(H,20,23)(H,21,24)/t9-,15-/m0/s1. The van der Waals surface area contributed by atoms with Crippen LogP contribution in [0.1, 0.15) is 17.3 Å². The van der Waals surface area contributed by atoms with E-state index in [1.54, 1.807) is 0 Å². The molecule has 8 heteroatoms. The van der Waals surface area contributed by atoms with Crippen molar-refractivity contribution in [3.05, 3.63) is 59.7 Å². The quantitative estimate of drug-likeness (QED) is 0.486. The van der Waals surface area contributed by atoms with Gasteiger partial charge in [-0.2, -0.15) is 0 Å². The second kappa shape index (κ2) is 7.82. The Hall–Kier alpha value is -2.84. The summed E-state index contributed by atoms with van der Waals surface area (Å²) in [4.78, 5) is 23.5. The van der Waals surface area contributed by atoms with Gasteiger partial charge in [-0.25, -0.2) is 14.3 Å². The van der Waals surface area contributed by atoms with Crippen molar-refractivity contribution in [2.24, 2.45) is 0 Å². The van der Waals surface area contributed by atoms with Crippen molar-refractivity contribution in [1.29, 1.82) is 0 Å². The molecule has 25 heavy (non-hydrogen) atoms. The molecule has 2 aromatic carbocycles. The molecule has 0 saturated carbocycles. The number of halogens is 2. The highest BCUT2D eigenvalue weighted by Crippen LogP contribution is 2.23. The Morgan fingerprint density at radius 3 is 2.24 bits per heavy atom. The Morgan fingerprint density at radius 1 is 1.08 bits per heavy atom. The number of benzene rings is 2. The van der Waals surface area contributed by atoms with E-state index in [1.165, 1.54) is 42.7 Å². The van der Waals surface area contributed by atoms with Crippen LogP contribution in [-0.4, -0.2) is 34.3 Å². The van der Waals surface area contributed by atoms with E-state index < -0.39 is 35.6 Å². The first-order chi connectivity index (χ1) is 11.8. The largest absolute Gasteiger partial charge is 0.391 e. The minimum Gasteiger partial charge on any atom is -0.391 e. The molecular formula is C17H16F2N2O4. The molecule has 2 amide bonds. The number of aliphatic hydroxyl groups excluding tert-OH is 1. The second-order valence-corrected chi connectivity index (χ2v) is 5.37. The van der Waals surface area contributed by atoms with Crippen LogP contribution in [0.3, 0.4) is 0 Å². The van der Waals surface area contributed by atoms with Gasteiger partial charge >= 0.3 is 0 Å². The van der Waals surface area contributed by atoms with E-state index in [1.807, 2.05) is 0 Å². The first kappa shape index (κ1) is 18.5. The van der Waals surface area contributed by atoms with Gasteiger partial charge in [-0.1, -0.05) is 12.1 Å². The molecule has 0 bridgehead atoms. The number of amides is 2. The summed E-state index contributed by atoms with van der Waals surface area (Å²) >= 11 is 0. The van der Waals surface area contributed by atoms with Gasteiger partial charge < -0.3 is 10.4 Å². The number of rotatable bonds is 5. The predicted molar refractivity (Wildman–Crippen MR) is 84.7 cm³/mol. The number of hydroxylamine groups is 1. The van der Waals surface area contributed by atoms with Crippen molar-refractivity contribution >= 4 is 11.8 Å². The van der Waals surface area contributed by atoms with Crippen molar-refractivity contribution in [1.82, 2.24) is 10.8 Å². The lowest BCUT2D eigenvalue weighted by atomic mass is 10.0. The van der Waals surface area contributed by atoms with E-state index in [0.29, 0.717) is 5.56 Å². The lowest BCUT2D eigenvalue weighted by Gasteiger charge is -2.19. The smallest absolute Gasteiger partial charge is 0.268 e. The molecule has 2 atom stereocenters. The third-order valence-electron chi connectivity index (χ3n) is 3.55. The number of nitrogens with one attached hydrogen (secondary N) is 2. The van der Waals surface area contributed by atoms with E-state index in [4.69, 9.17) is 5.21 Å². The Bertz CT molecular complexity index is 779. The van der Waals surface area contributed by atoms with Gasteiger partial charge in [-0.3, -0.25) is 14.8 Å². The molecule has 0 aliphatic heterocycles. The zero-order valence-corrected chi connectivity index (χ0v) is 13.2. The molecule has 132 valence electrons. The average Bonchev–Trinajstić information content (AvgIpc) is 2.58. The fourth-order valence-corrected chi connectivity index (χ4v) is 2.22. The lowest BCUT2D eigenvalue weighted by Crippen LogP contribution is -2.51. The fraction of sp³-hybridized carbons (Fsp3) is 0.176. The van der Waals surface area contributed by atoms with E-state index >= 15 is 0 Å². The van der Waals surface area contributed by atoms with Crippen LogP contribution in [0.25, 0.3) is 11.1 Å². The number of carbonyl (C=O) groups is 2. The molecule has 4 N–H and O–H groups in total. The zero-order valence-electron chi connectivity index (χ0n) is 13.2. The van der Waals surface area contributed by atoms with Crippen LogP contribution in [0.5, 0.6) is 0 Å². The van der Waals surface area contributed by atoms with Gasteiger partial charge in [-0.15, -0.1) is 0 Å². The highest BCUT2D eigenvalue weighted by Gasteiger charge is 2.25. The molecule has 0 saturated heterocycles. The molecule has 0 unspecified atom stereocenters. The van der Waals surface area contributed by atoms with Crippen LogP contribution in [-0.2, 0) is 4.79 Å². The minimum atomic E-state index is -1.34. The van der Waals surface area contributed by atoms with Gasteiger partial charge in [0.25, 0.3) is 11.8 Å². The summed E-state index contributed by atoms with van der Waals surface area (Å²) in [5.41, 5.74) is 2.13. The van der Waals surface area contributed by atoms with Crippen molar-refractivity contribution in [3.8, 4) is 11.1 Å². The maximum Gasteiger partial charge on any atom is 0.268 e. The third kappa shape index (κ3) is 4.37. The number of hydrogen-bond donors (Lipinski definition) is 4. The lowest BCUT2D eigenvalue weighted by molar-refractivity contribution is -0.133. The zero-order chi connectivity index (χ0) is 18.6. The van der Waals surface area contributed by atoms with Crippen molar-refractivity contribution in [2.45, 2.75) is 19.1 Å². The Kier molecular flexibility index (Phi) is 5.79. The minimum absolute atomic E-state index is 0.155. The molecule has 0 fully saturated rings. The maximum atomic E-state index is 13.8. The average molecular weight is 350 g/mol. The van der Waals surface area contributed by atoms with Gasteiger partial charge in [0.1, 0.15) is 17.7 Å². The van der Waals surface area contributed by atoms with Gasteiger partial charge in [0, 0.05) is 17.2 Å². The van der Waals surface area contributed by atoms with Gasteiger partial charge in [0.2, 0.25) is 0 Å². The number of carbonyl (C=O) groups excluding carboxylic acids is 2. The summed E-state index contributed by atoms with van der Waals surface area (Å²) in [6.07, 6.45) is -1.23. The third-order valence-corrected chi connectivity index (χ3v) is 3.55. The summed E-state index contributed by atoms with van der Waals surface area (Å²) in [6.45, 7) is 1.28. The summed E-state index contributed by atoms with van der Waals surface area (Å²) in [7, 11) is 0. The topological polar surface area (TPSA) is 98.7 Å². The SMILES string of the molecule is C[C@H](O)[C@H](NC(=O)c1ccc(-c2ccc(F)cc2F)cc1)C(=O)NO. The van der Waals surface area contributed by atoms with Crippen LogP contribution in [0, 0.1) is 11.6 Å². The van der Waals surface area contributed by atoms with Crippen molar-refractivity contribution < 1.29 is 28.7 Å². The highest BCUT2D eigenvalue weighted by molar-refractivity contribution is 5.97. The van der Waals surface area contributed by atoms with Crippen LogP contribution < -0.4 is 10.8 Å². The molecule has 6 nitrogen and oxygen atoms in total. The maximum absolute atomic E-state index is 13.8. The van der Waals surface area contributed by atoms with Crippen LogP contribution in [0.4, 0.5) is 8.78 Å². The Morgan fingerprint density at radius 2 is 1.72 bits per heavy atom.